The molecule has 0 fully saturated rings. The molecule has 0 aromatic heterocycles. The highest BCUT2D eigenvalue weighted by molar-refractivity contribution is 5.82. The quantitative estimate of drug-likeness (QED) is 0.350. The van der Waals surface area contributed by atoms with Crippen LogP contribution in [0.3, 0.4) is 0 Å². The molecular formula is C5H11N3O3. The molecule has 0 aliphatic rings. The molecule has 0 aromatic carbocycles. The zero-order valence-electron chi connectivity index (χ0n) is 5.86. The zero-order chi connectivity index (χ0) is 9.02. The molecule has 0 bridgehead atoms. The Morgan fingerprint density at radius 1 is 1.36 bits per heavy atom. The Morgan fingerprint density at radius 3 is 2.09 bits per heavy atom. The van der Waals surface area contributed by atoms with Gasteiger partial charge in [0.15, 0.2) is 0 Å². The van der Waals surface area contributed by atoms with Crippen molar-refractivity contribution in [3.8, 4) is 0 Å². The third kappa shape index (κ3) is 3.54. The topological polar surface area (TPSA) is 132 Å². The number of amides is 2. The summed E-state index contributed by atoms with van der Waals surface area (Å²) in [5, 5.41) is 8.93. The van der Waals surface area contributed by atoms with Crippen LogP contribution in [-0.2, 0) is 9.59 Å². The van der Waals surface area contributed by atoms with Gasteiger partial charge in [-0.1, -0.05) is 0 Å². The van der Waals surface area contributed by atoms with Gasteiger partial charge in [-0.3, -0.25) is 9.59 Å². The van der Waals surface area contributed by atoms with Crippen molar-refractivity contribution in [3.05, 3.63) is 0 Å². The van der Waals surface area contributed by atoms with E-state index in [0.29, 0.717) is 0 Å². The Morgan fingerprint density at radius 2 is 1.82 bits per heavy atom. The van der Waals surface area contributed by atoms with Crippen molar-refractivity contribution in [1.82, 2.24) is 0 Å². The Hall–Kier alpha value is -1.14. The smallest absolute Gasteiger partial charge is 0.237 e. The number of carbonyl (C=O) groups is 2. The Balaban J connectivity index is 3.92. The van der Waals surface area contributed by atoms with Gasteiger partial charge in [0.2, 0.25) is 11.8 Å². The molecule has 0 saturated heterocycles. The molecule has 0 heterocycles. The normalized spacial score (nSPS) is 15.5. The van der Waals surface area contributed by atoms with E-state index >= 15 is 0 Å². The SMILES string of the molecule is NC(=O)CC(O)C(N)C(N)=O. The molecule has 0 aromatic rings. The molecule has 7 N–H and O–H groups in total. The van der Waals surface area contributed by atoms with Gasteiger partial charge in [-0.2, -0.15) is 0 Å². The van der Waals surface area contributed by atoms with Gasteiger partial charge in [0, 0.05) is 0 Å². The second-order valence-electron chi connectivity index (χ2n) is 2.17. The molecule has 2 atom stereocenters. The van der Waals surface area contributed by atoms with E-state index in [1.54, 1.807) is 0 Å². The first-order valence-corrected chi connectivity index (χ1v) is 2.96. The third-order valence-electron chi connectivity index (χ3n) is 1.15. The highest BCUT2D eigenvalue weighted by Gasteiger charge is 2.21. The number of aliphatic hydroxyl groups excluding tert-OH is 1. The summed E-state index contributed by atoms with van der Waals surface area (Å²) in [4.78, 5) is 20.5. The number of carbonyl (C=O) groups excluding carboxylic acids is 2. The lowest BCUT2D eigenvalue weighted by molar-refractivity contribution is -0.124. The fraction of sp³-hybridized carbons (Fsp3) is 0.600. The van der Waals surface area contributed by atoms with Crippen LogP contribution < -0.4 is 17.2 Å². The van der Waals surface area contributed by atoms with Crippen LogP contribution in [0.1, 0.15) is 6.42 Å². The van der Waals surface area contributed by atoms with Gasteiger partial charge in [0.1, 0.15) is 6.04 Å². The van der Waals surface area contributed by atoms with Gasteiger partial charge in [0.25, 0.3) is 0 Å². The lowest BCUT2D eigenvalue weighted by Crippen LogP contribution is -2.47. The molecule has 2 amide bonds. The summed E-state index contributed by atoms with van der Waals surface area (Å²) >= 11 is 0. The average molecular weight is 161 g/mol. The van der Waals surface area contributed by atoms with Crippen LogP contribution in [0.5, 0.6) is 0 Å². The van der Waals surface area contributed by atoms with Gasteiger partial charge in [-0.15, -0.1) is 0 Å². The van der Waals surface area contributed by atoms with Crippen LogP contribution in [0.4, 0.5) is 0 Å². The zero-order valence-corrected chi connectivity index (χ0v) is 5.86. The van der Waals surface area contributed by atoms with E-state index in [1.165, 1.54) is 0 Å². The molecule has 0 aliphatic heterocycles. The van der Waals surface area contributed by atoms with E-state index in [1.807, 2.05) is 0 Å². The number of aliphatic hydroxyl groups is 1. The fourth-order valence-electron chi connectivity index (χ4n) is 0.523. The van der Waals surface area contributed by atoms with Crippen molar-refractivity contribution in [2.45, 2.75) is 18.6 Å². The second-order valence-corrected chi connectivity index (χ2v) is 2.17. The van der Waals surface area contributed by atoms with Crippen molar-refractivity contribution in [3.63, 3.8) is 0 Å². The molecular weight excluding hydrogens is 150 g/mol. The molecule has 0 radical (unpaired) electrons. The summed E-state index contributed by atoms with van der Waals surface area (Å²) in [6, 6.07) is -1.23. The molecule has 6 nitrogen and oxygen atoms in total. The maximum Gasteiger partial charge on any atom is 0.237 e. The third-order valence-corrected chi connectivity index (χ3v) is 1.15. The first-order chi connectivity index (χ1) is 4.95. The summed E-state index contributed by atoms with van der Waals surface area (Å²) in [5.74, 6) is -1.59. The monoisotopic (exact) mass is 161 g/mol. The number of rotatable bonds is 4. The van der Waals surface area contributed by atoms with Crippen LogP contribution in [-0.4, -0.2) is 29.1 Å². The van der Waals surface area contributed by atoms with Crippen molar-refractivity contribution >= 4 is 11.8 Å². The van der Waals surface area contributed by atoms with Crippen molar-refractivity contribution in [1.29, 1.82) is 0 Å². The van der Waals surface area contributed by atoms with Gasteiger partial charge >= 0.3 is 0 Å². The molecule has 11 heavy (non-hydrogen) atoms. The maximum atomic E-state index is 10.3. The van der Waals surface area contributed by atoms with Crippen LogP contribution in [0, 0.1) is 0 Å². The van der Waals surface area contributed by atoms with Gasteiger partial charge in [-0.25, -0.2) is 0 Å². The summed E-state index contributed by atoms with van der Waals surface area (Å²) < 4.78 is 0. The van der Waals surface area contributed by atoms with Gasteiger partial charge < -0.3 is 22.3 Å². The van der Waals surface area contributed by atoms with Crippen molar-refractivity contribution in [2.75, 3.05) is 0 Å². The Kier molecular flexibility index (Phi) is 3.49. The number of hydrogen-bond donors (Lipinski definition) is 4. The van der Waals surface area contributed by atoms with Crippen LogP contribution >= 0.6 is 0 Å². The molecule has 0 rings (SSSR count). The standard InChI is InChI=1S/C5H11N3O3/c6-3(10)1-2(9)4(7)5(8)11/h2,4,9H,1,7H2,(H2,6,10)(H2,8,11). The maximum absolute atomic E-state index is 10.3. The van der Waals surface area contributed by atoms with Crippen molar-refractivity contribution in [2.24, 2.45) is 17.2 Å². The largest absolute Gasteiger partial charge is 0.390 e. The Bertz CT molecular complexity index is 170. The highest BCUT2D eigenvalue weighted by atomic mass is 16.3. The van der Waals surface area contributed by atoms with E-state index in [9.17, 15) is 9.59 Å². The van der Waals surface area contributed by atoms with Crippen molar-refractivity contribution < 1.29 is 14.7 Å². The second kappa shape index (κ2) is 3.89. The van der Waals surface area contributed by atoms with Crippen LogP contribution in [0.15, 0.2) is 0 Å². The number of nitrogens with two attached hydrogens (primary N) is 3. The minimum Gasteiger partial charge on any atom is -0.390 e. The fourth-order valence-corrected chi connectivity index (χ4v) is 0.523. The molecule has 6 heteroatoms. The van der Waals surface area contributed by atoms with Gasteiger partial charge in [-0.05, 0) is 0 Å². The van der Waals surface area contributed by atoms with Crippen LogP contribution in [0.2, 0.25) is 0 Å². The van der Waals surface area contributed by atoms with E-state index in [-0.39, 0.29) is 6.42 Å². The molecule has 64 valence electrons. The summed E-state index contributed by atoms with van der Waals surface area (Å²) in [5.41, 5.74) is 14.5. The average Bonchev–Trinajstić information content (AvgIpc) is 1.84. The highest BCUT2D eigenvalue weighted by Crippen LogP contribution is 1.94. The first kappa shape index (κ1) is 9.86. The first-order valence-electron chi connectivity index (χ1n) is 2.96. The van der Waals surface area contributed by atoms with E-state index in [0.717, 1.165) is 0 Å². The summed E-state index contributed by atoms with van der Waals surface area (Å²) in [6.07, 6.45) is -1.64. The predicted octanol–water partition coefficient (Wildman–Crippen LogP) is -2.96. The Labute approximate surface area is 63.3 Å². The minimum atomic E-state index is -1.29. The molecule has 2 unspecified atom stereocenters. The summed E-state index contributed by atoms with van der Waals surface area (Å²) in [7, 11) is 0. The molecule has 0 saturated carbocycles. The minimum absolute atomic E-state index is 0.357. The number of primary amides is 2. The lowest BCUT2D eigenvalue weighted by atomic mass is 10.1. The van der Waals surface area contributed by atoms with Gasteiger partial charge in [0.05, 0.1) is 12.5 Å². The van der Waals surface area contributed by atoms with E-state index < -0.39 is 24.0 Å². The molecule has 0 spiro atoms. The van der Waals surface area contributed by atoms with E-state index in [4.69, 9.17) is 22.3 Å². The predicted molar refractivity (Wildman–Crippen MR) is 37.0 cm³/mol. The van der Waals surface area contributed by atoms with E-state index in [2.05, 4.69) is 0 Å². The van der Waals surface area contributed by atoms with Crippen LogP contribution in [0.25, 0.3) is 0 Å². The number of hydrogen-bond acceptors (Lipinski definition) is 4. The lowest BCUT2D eigenvalue weighted by Gasteiger charge is -2.12. The molecule has 0 aliphatic carbocycles. The summed E-state index contributed by atoms with van der Waals surface area (Å²) in [6.45, 7) is 0.